The first-order valence-corrected chi connectivity index (χ1v) is 9.79. The van der Waals surface area contributed by atoms with Gasteiger partial charge in [0.15, 0.2) is 0 Å². The molecule has 0 heterocycles. The molecule has 2 aliphatic rings. The Labute approximate surface area is 160 Å². The van der Waals surface area contributed by atoms with Crippen molar-refractivity contribution in [2.45, 2.75) is 50.7 Å². The van der Waals surface area contributed by atoms with Crippen LogP contribution in [0.3, 0.4) is 0 Å². The first-order chi connectivity index (χ1) is 12.6. The summed E-state index contributed by atoms with van der Waals surface area (Å²) in [5.74, 6) is 0.116. The maximum Gasteiger partial charge on any atom is 0.224 e. The quantitative estimate of drug-likeness (QED) is 0.806. The molecule has 2 aromatic rings. The summed E-state index contributed by atoms with van der Waals surface area (Å²) >= 11 is 5.88. The lowest BCUT2D eigenvalue weighted by molar-refractivity contribution is -0.124. The average molecular weight is 369 g/mol. The molecule has 26 heavy (non-hydrogen) atoms. The van der Waals surface area contributed by atoms with Crippen LogP contribution >= 0.6 is 11.6 Å². The van der Waals surface area contributed by atoms with E-state index in [1.807, 2.05) is 24.3 Å². The van der Waals surface area contributed by atoms with Crippen LogP contribution in [0.25, 0.3) is 0 Å². The van der Waals surface area contributed by atoms with Crippen LogP contribution in [0.4, 0.5) is 0 Å². The highest BCUT2D eigenvalue weighted by atomic mass is 35.5. The van der Waals surface area contributed by atoms with Crippen LogP contribution in [0.5, 0.6) is 0 Å². The molecule has 0 aromatic heterocycles. The van der Waals surface area contributed by atoms with Crippen molar-refractivity contribution in [3.8, 4) is 0 Å². The van der Waals surface area contributed by atoms with E-state index in [2.05, 4.69) is 41.0 Å². The van der Waals surface area contributed by atoms with Gasteiger partial charge in [-0.3, -0.25) is 4.79 Å². The molecule has 4 heteroatoms. The highest BCUT2D eigenvalue weighted by molar-refractivity contribution is 6.30. The van der Waals surface area contributed by atoms with Crippen molar-refractivity contribution in [3.05, 3.63) is 70.7 Å². The lowest BCUT2D eigenvalue weighted by Gasteiger charge is -2.58. The van der Waals surface area contributed by atoms with Crippen molar-refractivity contribution in [1.82, 2.24) is 10.6 Å². The first kappa shape index (κ1) is 17.6. The number of hydrogen-bond donors (Lipinski definition) is 2. The zero-order valence-electron chi connectivity index (χ0n) is 14.9. The minimum absolute atomic E-state index is 0.116. The van der Waals surface area contributed by atoms with E-state index in [9.17, 15) is 4.79 Å². The molecule has 4 rings (SSSR count). The number of rotatable bonds is 6. The van der Waals surface area contributed by atoms with E-state index in [-0.39, 0.29) is 5.91 Å². The molecule has 0 unspecified atom stereocenters. The Balaban J connectivity index is 1.15. The van der Waals surface area contributed by atoms with E-state index in [1.165, 1.54) is 18.4 Å². The van der Waals surface area contributed by atoms with E-state index in [0.717, 1.165) is 24.9 Å². The Morgan fingerprint density at radius 3 is 2.27 bits per heavy atom. The second-order valence-electron chi connectivity index (χ2n) is 7.95. The van der Waals surface area contributed by atoms with Crippen LogP contribution < -0.4 is 10.6 Å². The fraction of sp³-hybridized carbons (Fsp3) is 0.409. The average Bonchev–Trinajstić information content (AvgIpc) is 2.58. The molecule has 0 atom stereocenters. The minimum atomic E-state index is 0.116. The van der Waals surface area contributed by atoms with Gasteiger partial charge in [-0.1, -0.05) is 54.1 Å². The summed E-state index contributed by atoms with van der Waals surface area (Å²) in [5, 5.41) is 7.54. The van der Waals surface area contributed by atoms with Gasteiger partial charge < -0.3 is 10.6 Å². The summed E-state index contributed by atoms with van der Waals surface area (Å²) in [6.45, 7) is 0.947. The zero-order valence-corrected chi connectivity index (χ0v) is 15.6. The largest absolute Gasteiger partial charge is 0.353 e. The molecule has 2 saturated carbocycles. The van der Waals surface area contributed by atoms with E-state index >= 15 is 0 Å². The maximum atomic E-state index is 12.2. The Kier molecular flexibility index (Phi) is 5.01. The van der Waals surface area contributed by atoms with Crippen molar-refractivity contribution in [2.24, 2.45) is 5.41 Å². The molecular weight excluding hydrogens is 344 g/mol. The summed E-state index contributed by atoms with van der Waals surface area (Å²) < 4.78 is 0. The normalized spacial score (nSPS) is 26.8. The van der Waals surface area contributed by atoms with Crippen LogP contribution in [0.15, 0.2) is 54.6 Å². The second kappa shape index (κ2) is 7.42. The molecule has 1 spiro atoms. The molecule has 1 amide bonds. The van der Waals surface area contributed by atoms with Crippen LogP contribution in [0.1, 0.15) is 36.8 Å². The lowest BCUT2D eigenvalue weighted by Crippen LogP contribution is -2.60. The molecule has 3 nitrogen and oxygen atoms in total. The number of nitrogens with one attached hydrogen (secondary N) is 2. The van der Waals surface area contributed by atoms with Crippen molar-refractivity contribution in [2.75, 3.05) is 0 Å². The predicted molar refractivity (Wildman–Crippen MR) is 105 cm³/mol. The first-order valence-electron chi connectivity index (χ1n) is 9.41. The van der Waals surface area contributed by atoms with Gasteiger partial charge in [0.2, 0.25) is 5.91 Å². The minimum Gasteiger partial charge on any atom is -0.353 e. The molecule has 136 valence electrons. The smallest absolute Gasteiger partial charge is 0.224 e. The lowest BCUT2D eigenvalue weighted by atomic mass is 9.52. The highest BCUT2D eigenvalue weighted by Gasteiger charge is 2.52. The van der Waals surface area contributed by atoms with Gasteiger partial charge in [0.05, 0.1) is 6.42 Å². The molecule has 2 fully saturated rings. The van der Waals surface area contributed by atoms with Gasteiger partial charge in [0.25, 0.3) is 0 Å². The van der Waals surface area contributed by atoms with E-state index in [4.69, 9.17) is 11.6 Å². The molecule has 0 bridgehead atoms. The Morgan fingerprint density at radius 2 is 1.58 bits per heavy atom. The molecule has 2 N–H and O–H groups in total. The number of amides is 1. The fourth-order valence-electron chi connectivity index (χ4n) is 4.48. The van der Waals surface area contributed by atoms with Gasteiger partial charge in [-0.2, -0.15) is 0 Å². The SMILES string of the molecule is O=C(Cc1ccc(Cl)cc1)NC1CC2(CC(NCc3ccccc3)C2)C1. The Bertz CT molecular complexity index is 745. The van der Waals surface area contributed by atoms with Crippen LogP contribution in [0, 0.1) is 5.41 Å². The number of halogens is 1. The Hall–Kier alpha value is -1.84. The van der Waals surface area contributed by atoms with E-state index in [0.29, 0.717) is 28.9 Å². The zero-order chi connectivity index (χ0) is 18.0. The van der Waals surface area contributed by atoms with Crippen LogP contribution in [-0.4, -0.2) is 18.0 Å². The molecule has 2 aliphatic carbocycles. The highest BCUT2D eigenvalue weighted by Crippen LogP contribution is 2.55. The van der Waals surface area contributed by atoms with Gasteiger partial charge in [-0.25, -0.2) is 0 Å². The van der Waals surface area contributed by atoms with Gasteiger partial charge in [-0.05, 0) is 54.4 Å². The third-order valence-electron chi connectivity index (χ3n) is 5.80. The van der Waals surface area contributed by atoms with Crippen molar-refractivity contribution in [3.63, 3.8) is 0 Å². The fourth-order valence-corrected chi connectivity index (χ4v) is 4.60. The molecular formula is C22H25ClN2O. The van der Waals surface area contributed by atoms with Gasteiger partial charge in [-0.15, -0.1) is 0 Å². The molecule has 0 saturated heterocycles. The monoisotopic (exact) mass is 368 g/mol. The van der Waals surface area contributed by atoms with E-state index < -0.39 is 0 Å². The third-order valence-corrected chi connectivity index (χ3v) is 6.05. The summed E-state index contributed by atoms with van der Waals surface area (Å²) in [6.07, 6.45) is 5.17. The summed E-state index contributed by atoms with van der Waals surface area (Å²) in [5.41, 5.74) is 2.83. The van der Waals surface area contributed by atoms with Crippen molar-refractivity contribution in [1.29, 1.82) is 0 Å². The standard InChI is InChI=1S/C22H25ClN2O/c23-18-8-6-16(7-9-18)10-21(26)25-20-13-22(14-20)11-19(12-22)24-15-17-4-2-1-3-5-17/h1-9,19-20,24H,10-15H2,(H,25,26). The van der Waals surface area contributed by atoms with Crippen LogP contribution in [-0.2, 0) is 17.8 Å². The number of carbonyl (C=O) groups is 1. The van der Waals surface area contributed by atoms with Crippen LogP contribution in [0.2, 0.25) is 5.02 Å². The molecule has 0 aliphatic heterocycles. The maximum absolute atomic E-state index is 12.2. The van der Waals surface area contributed by atoms with E-state index in [1.54, 1.807) is 0 Å². The van der Waals surface area contributed by atoms with Gasteiger partial charge in [0.1, 0.15) is 0 Å². The Morgan fingerprint density at radius 1 is 0.923 bits per heavy atom. The van der Waals surface area contributed by atoms with Gasteiger partial charge in [0, 0.05) is 23.7 Å². The summed E-state index contributed by atoms with van der Waals surface area (Å²) in [6, 6.07) is 19.0. The van der Waals surface area contributed by atoms with Gasteiger partial charge >= 0.3 is 0 Å². The number of benzene rings is 2. The second-order valence-corrected chi connectivity index (χ2v) is 8.38. The molecule has 2 aromatic carbocycles. The topological polar surface area (TPSA) is 41.1 Å². The number of hydrogen-bond acceptors (Lipinski definition) is 2. The van der Waals surface area contributed by atoms with Crippen molar-refractivity contribution < 1.29 is 4.79 Å². The molecule has 0 radical (unpaired) electrons. The number of carbonyl (C=O) groups excluding carboxylic acids is 1. The predicted octanol–water partition coefficient (Wildman–Crippen LogP) is 4.10. The van der Waals surface area contributed by atoms with Crippen molar-refractivity contribution >= 4 is 17.5 Å². The third kappa shape index (κ3) is 4.11. The summed E-state index contributed by atoms with van der Waals surface area (Å²) in [4.78, 5) is 12.2. The summed E-state index contributed by atoms with van der Waals surface area (Å²) in [7, 11) is 0.